The standard InChI is InChI=1S/C19H23N3O3/c1-2-3-11-24-16-8-6-15(7-9-16)21-19(23)22-13-18(14-22)25-17-5-4-10-20-12-17/h4-10,12,18H,2-3,11,13-14H2,1H3,(H,21,23). The first kappa shape index (κ1) is 17.1. The molecule has 1 saturated heterocycles. The van der Waals surface area contributed by atoms with Gasteiger partial charge >= 0.3 is 6.03 Å². The molecule has 25 heavy (non-hydrogen) atoms. The number of urea groups is 1. The maximum absolute atomic E-state index is 12.2. The van der Waals surface area contributed by atoms with Gasteiger partial charge in [-0.1, -0.05) is 13.3 Å². The normalized spacial score (nSPS) is 13.9. The van der Waals surface area contributed by atoms with Gasteiger partial charge in [-0.2, -0.15) is 0 Å². The van der Waals surface area contributed by atoms with Crippen molar-refractivity contribution in [2.24, 2.45) is 0 Å². The molecule has 1 aliphatic heterocycles. The summed E-state index contributed by atoms with van der Waals surface area (Å²) in [5, 5.41) is 2.89. The number of benzene rings is 1. The molecule has 1 aliphatic rings. The molecule has 1 N–H and O–H groups in total. The number of amides is 2. The van der Waals surface area contributed by atoms with Gasteiger partial charge in [-0.15, -0.1) is 0 Å². The van der Waals surface area contributed by atoms with Gasteiger partial charge < -0.3 is 19.7 Å². The van der Waals surface area contributed by atoms with Crippen LogP contribution >= 0.6 is 0 Å². The molecule has 0 spiro atoms. The van der Waals surface area contributed by atoms with E-state index < -0.39 is 0 Å². The summed E-state index contributed by atoms with van der Waals surface area (Å²) in [6.45, 7) is 3.98. The molecule has 0 bridgehead atoms. The number of hydrogen-bond donors (Lipinski definition) is 1. The smallest absolute Gasteiger partial charge is 0.322 e. The quantitative estimate of drug-likeness (QED) is 0.782. The van der Waals surface area contributed by atoms with E-state index >= 15 is 0 Å². The molecule has 3 rings (SSSR count). The van der Waals surface area contributed by atoms with E-state index in [1.165, 1.54) is 0 Å². The molecule has 1 aromatic heterocycles. The van der Waals surface area contributed by atoms with Crippen LogP contribution in [0.5, 0.6) is 11.5 Å². The van der Waals surface area contributed by atoms with E-state index in [1.807, 2.05) is 36.4 Å². The Morgan fingerprint density at radius 3 is 2.72 bits per heavy atom. The van der Waals surface area contributed by atoms with Crippen LogP contribution in [0.3, 0.4) is 0 Å². The predicted octanol–water partition coefficient (Wildman–Crippen LogP) is 3.56. The van der Waals surface area contributed by atoms with E-state index in [1.54, 1.807) is 17.3 Å². The van der Waals surface area contributed by atoms with Crippen LogP contribution in [0.4, 0.5) is 10.5 Å². The molecule has 6 heteroatoms. The largest absolute Gasteiger partial charge is 0.494 e. The number of nitrogens with one attached hydrogen (secondary N) is 1. The van der Waals surface area contributed by atoms with Crippen LogP contribution in [0.1, 0.15) is 19.8 Å². The Morgan fingerprint density at radius 2 is 2.04 bits per heavy atom. The third-order valence-corrected chi connectivity index (χ3v) is 3.94. The molecular formula is C19H23N3O3. The van der Waals surface area contributed by atoms with E-state index in [-0.39, 0.29) is 12.1 Å². The molecule has 1 aromatic carbocycles. The average molecular weight is 341 g/mol. The fourth-order valence-electron chi connectivity index (χ4n) is 2.46. The fourth-order valence-corrected chi connectivity index (χ4v) is 2.46. The highest BCUT2D eigenvalue weighted by atomic mass is 16.5. The van der Waals surface area contributed by atoms with Crippen molar-refractivity contribution in [3.8, 4) is 11.5 Å². The second-order valence-corrected chi connectivity index (χ2v) is 5.99. The number of ether oxygens (including phenoxy) is 2. The zero-order valence-electron chi connectivity index (χ0n) is 14.4. The molecule has 6 nitrogen and oxygen atoms in total. The van der Waals surface area contributed by atoms with Crippen molar-refractivity contribution in [3.63, 3.8) is 0 Å². The summed E-state index contributed by atoms with van der Waals surface area (Å²) in [5.74, 6) is 1.55. The lowest BCUT2D eigenvalue weighted by atomic mass is 10.2. The minimum atomic E-state index is -0.120. The highest BCUT2D eigenvalue weighted by Crippen LogP contribution is 2.20. The maximum atomic E-state index is 12.2. The van der Waals surface area contributed by atoms with Crippen molar-refractivity contribution >= 4 is 11.7 Å². The lowest BCUT2D eigenvalue weighted by Gasteiger charge is -2.38. The van der Waals surface area contributed by atoms with Gasteiger partial charge in [-0.05, 0) is 42.8 Å². The Kier molecular flexibility index (Phi) is 5.72. The molecule has 0 aliphatic carbocycles. The van der Waals surface area contributed by atoms with Crippen LogP contribution in [-0.4, -0.2) is 41.7 Å². The molecular weight excluding hydrogens is 318 g/mol. The molecule has 1 fully saturated rings. The van der Waals surface area contributed by atoms with Crippen LogP contribution < -0.4 is 14.8 Å². The average Bonchev–Trinajstić information content (AvgIpc) is 2.60. The van der Waals surface area contributed by atoms with Gasteiger partial charge in [0.1, 0.15) is 17.6 Å². The third kappa shape index (κ3) is 4.86. The van der Waals surface area contributed by atoms with Crippen LogP contribution in [0.2, 0.25) is 0 Å². The SMILES string of the molecule is CCCCOc1ccc(NC(=O)N2CC(Oc3cccnc3)C2)cc1. The second kappa shape index (κ2) is 8.37. The van der Waals surface area contributed by atoms with Gasteiger partial charge in [-0.3, -0.25) is 4.98 Å². The summed E-state index contributed by atoms with van der Waals surface area (Å²) in [4.78, 5) is 17.9. The number of hydrogen-bond acceptors (Lipinski definition) is 4. The van der Waals surface area contributed by atoms with Crippen LogP contribution in [-0.2, 0) is 0 Å². The van der Waals surface area contributed by atoms with Gasteiger partial charge in [0.05, 0.1) is 25.9 Å². The Morgan fingerprint density at radius 1 is 1.24 bits per heavy atom. The third-order valence-electron chi connectivity index (χ3n) is 3.94. The molecule has 0 unspecified atom stereocenters. The summed E-state index contributed by atoms with van der Waals surface area (Å²) in [6.07, 6.45) is 5.54. The number of nitrogens with zero attached hydrogens (tertiary/aromatic N) is 2. The number of carbonyl (C=O) groups excluding carboxylic acids is 1. The summed E-state index contributed by atoms with van der Waals surface area (Å²) >= 11 is 0. The van der Waals surface area contributed by atoms with Gasteiger partial charge in [0.2, 0.25) is 0 Å². The highest BCUT2D eigenvalue weighted by Gasteiger charge is 2.32. The van der Waals surface area contributed by atoms with Gasteiger partial charge in [0.25, 0.3) is 0 Å². The lowest BCUT2D eigenvalue weighted by Crippen LogP contribution is -2.57. The number of aromatic nitrogens is 1. The first-order valence-electron chi connectivity index (χ1n) is 8.60. The van der Waals surface area contributed by atoms with Gasteiger partial charge in [0, 0.05) is 11.9 Å². The fraction of sp³-hybridized carbons (Fsp3) is 0.368. The molecule has 2 aromatic rings. The summed E-state index contributed by atoms with van der Waals surface area (Å²) in [6, 6.07) is 11.0. The van der Waals surface area contributed by atoms with E-state index in [2.05, 4.69) is 17.2 Å². The monoisotopic (exact) mass is 341 g/mol. The number of likely N-dealkylation sites (tertiary alicyclic amines) is 1. The van der Waals surface area contributed by atoms with E-state index in [0.29, 0.717) is 19.7 Å². The first-order valence-corrected chi connectivity index (χ1v) is 8.60. The number of pyridine rings is 1. The van der Waals surface area contributed by atoms with Crippen molar-refractivity contribution in [1.82, 2.24) is 9.88 Å². The van der Waals surface area contributed by atoms with Crippen molar-refractivity contribution in [2.45, 2.75) is 25.9 Å². The summed E-state index contributed by atoms with van der Waals surface area (Å²) in [5.41, 5.74) is 0.754. The van der Waals surface area contributed by atoms with E-state index in [9.17, 15) is 4.79 Å². The molecule has 2 heterocycles. The molecule has 0 saturated carbocycles. The predicted molar refractivity (Wildman–Crippen MR) is 96.1 cm³/mol. The van der Waals surface area contributed by atoms with E-state index in [0.717, 1.165) is 30.0 Å². The maximum Gasteiger partial charge on any atom is 0.322 e. The minimum absolute atomic E-state index is 0.0179. The lowest BCUT2D eigenvalue weighted by molar-refractivity contribution is 0.0490. The number of rotatable bonds is 7. The van der Waals surface area contributed by atoms with Crippen LogP contribution in [0.15, 0.2) is 48.8 Å². The Hall–Kier alpha value is -2.76. The topological polar surface area (TPSA) is 63.7 Å². The highest BCUT2D eigenvalue weighted by molar-refractivity contribution is 5.90. The zero-order valence-corrected chi connectivity index (χ0v) is 14.4. The summed E-state index contributed by atoms with van der Waals surface area (Å²) in [7, 11) is 0. The van der Waals surface area contributed by atoms with Crippen molar-refractivity contribution in [2.75, 3.05) is 25.0 Å². The first-order chi connectivity index (χ1) is 12.2. The number of unbranched alkanes of at least 4 members (excludes halogenated alkanes) is 1. The van der Waals surface area contributed by atoms with E-state index in [4.69, 9.17) is 9.47 Å². The van der Waals surface area contributed by atoms with Crippen LogP contribution in [0.25, 0.3) is 0 Å². The van der Waals surface area contributed by atoms with Gasteiger partial charge in [-0.25, -0.2) is 4.79 Å². The molecule has 0 atom stereocenters. The Bertz CT molecular complexity index is 670. The molecule has 132 valence electrons. The van der Waals surface area contributed by atoms with Crippen molar-refractivity contribution in [3.05, 3.63) is 48.8 Å². The molecule has 2 amide bonds. The number of anilines is 1. The Labute approximate surface area is 147 Å². The summed E-state index contributed by atoms with van der Waals surface area (Å²) < 4.78 is 11.4. The van der Waals surface area contributed by atoms with Crippen molar-refractivity contribution in [1.29, 1.82) is 0 Å². The minimum Gasteiger partial charge on any atom is -0.494 e. The number of carbonyl (C=O) groups is 1. The van der Waals surface area contributed by atoms with Crippen LogP contribution in [0, 0.1) is 0 Å². The van der Waals surface area contributed by atoms with Gasteiger partial charge in [0.15, 0.2) is 0 Å². The Balaban J connectivity index is 1.41. The zero-order chi connectivity index (χ0) is 17.5. The van der Waals surface area contributed by atoms with Crippen molar-refractivity contribution < 1.29 is 14.3 Å². The molecule has 0 radical (unpaired) electrons. The second-order valence-electron chi connectivity index (χ2n) is 5.99.